The van der Waals surface area contributed by atoms with Crippen LogP contribution in [0, 0.1) is 6.92 Å². The van der Waals surface area contributed by atoms with Crippen LogP contribution in [0.4, 0.5) is 5.69 Å². The smallest absolute Gasteiger partial charge is 0.266 e. The molecule has 0 aliphatic rings. The van der Waals surface area contributed by atoms with Crippen LogP contribution in [0.1, 0.15) is 15.4 Å². The van der Waals surface area contributed by atoms with Crippen molar-refractivity contribution in [3.05, 3.63) is 43.2 Å². The Bertz CT molecular complexity index is 568. The normalized spacial score (nSPS) is 10.3. The molecule has 0 fully saturated rings. The third-order valence-electron chi connectivity index (χ3n) is 2.12. The summed E-state index contributed by atoms with van der Waals surface area (Å²) in [6, 6.07) is 5.48. The number of pyridine rings is 1. The van der Waals surface area contributed by atoms with Gasteiger partial charge in [0.1, 0.15) is 9.48 Å². The molecule has 17 heavy (non-hydrogen) atoms. The van der Waals surface area contributed by atoms with Crippen molar-refractivity contribution in [1.29, 1.82) is 0 Å². The molecule has 0 aliphatic carbocycles. The highest BCUT2D eigenvalue weighted by Crippen LogP contribution is 2.24. The summed E-state index contributed by atoms with van der Waals surface area (Å²) >= 11 is 8.02. The van der Waals surface area contributed by atoms with Crippen molar-refractivity contribution < 1.29 is 4.79 Å². The molecule has 2 aromatic rings. The van der Waals surface area contributed by atoms with Crippen molar-refractivity contribution in [2.45, 2.75) is 6.92 Å². The number of hydrogen-bond donors (Lipinski definition) is 1. The number of nitrogens with one attached hydrogen (secondary N) is 1. The first-order valence-corrected chi connectivity index (χ1v) is 7.22. The Balaban J connectivity index is 2.22. The molecule has 1 N–H and O–H groups in total. The van der Waals surface area contributed by atoms with Crippen molar-refractivity contribution >= 4 is 54.8 Å². The van der Waals surface area contributed by atoms with Crippen LogP contribution in [0.5, 0.6) is 0 Å². The molecule has 2 rings (SSSR count). The summed E-state index contributed by atoms with van der Waals surface area (Å²) in [5, 5.41) is 4.71. The number of aromatic nitrogens is 1. The van der Waals surface area contributed by atoms with E-state index in [-0.39, 0.29) is 5.91 Å². The summed E-state index contributed by atoms with van der Waals surface area (Å²) in [5.41, 5.74) is 1.50. The lowest BCUT2D eigenvalue weighted by Gasteiger charge is -2.07. The molecule has 0 radical (unpaired) electrons. The monoisotopic (exact) mass is 374 g/mol. The zero-order valence-corrected chi connectivity index (χ0v) is 12.8. The molecular formula is C11H8Br2N2OS. The number of rotatable bonds is 2. The molecule has 1 amide bonds. The summed E-state index contributed by atoms with van der Waals surface area (Å²) in [6.45, 7) is 1.85. The summed E-state index contributed by atoms with van der Waals surface area (Å²) in [5.74, 6) is -0.126. The molecule has 0 saturated heterocycles. The Hall–Kier alpha value is -0.720. The van der Waals surface area contributed by atoms with Gasteiger partial charge in [-0.25, -0.2) is 4.98 Å². The van der Waals surface area contributed by atoms with Gasteiger partial charge in [0.2, 0.25) is 0 Å². The van der Waals surface area contributed by atoms with Gasteiger partial charge in [0.15, 0.2) is 0 Å². The first-order chi connectivity index (χ1) is 8.08. The minimum Gasteiger partial charge on any atom is -0.320 e. The van der Waals surface area contributed by atoms with Gasteiger partial charge in [-0.3, -0.25) is 4.79 Å². The molecule has 2 aromatic heterocycles. The molecule has 0 aliphatic heterocycles. The van der Waals surface area contributed by atoms with Crippen molar-refractivity contribution in [2.75, 3.05) is 5.32 Å². The van der Waals surface area contributed by atoms with Gasteiger partial charge in [-0.1, -0.05) is 0 Å². The summed E-state index contributed by atoms with van der Waals surface area (Å²) in [4.78, 5) is 16.8. The molecule has 88 valence electrons. The molecule has 0 saturated carbocycles. The number of hydrogen-bond acceptors (Lipinski definition) is 3. The molecule has 0 unspecified atom stereocenters. The van der Waals surface area contributed by atoms with Gasteiger partial charge in [0, 0.05) is 4.47 Å². The van der Waals surface area contributed by atoms with Crippen LogP contribution in [-0.2, 0) is 0 Å². The van der Waals surface area contributed by atoms with Crippen molar-refractivity contribution in [1.82, 2.24) is 4.98 Å². The molecule has 0 atom stereocenters. The summed E-state index contributed by atoms with van der Waals surface area (Å²) in [7, 11) is 0. The summed E-state index contributed by atoms with van der Waals surface area (Å²) < 4.78 is 1.56. The van der Waals surface area contributed by atoms with Crippen LogP contribution in [0.2, 0.25) is 0 Å². The van der Waals surface area contributed by atoms with Gasteiger partial charge in [0.05, 0.1) is 11.4 Å². The van der Waals surface area contributed by atoms with Gasteiger partial charge in [-0.05, 0) is 62.4 Å². The van der Waals surface area contributed by atoms with E-state index in [2.05, 4.69) is 42.2 Å². The zero-order valence-electron chi connectivity index (χ0n) is 8.83. The maximum atomic E-state index is 12.0. The number of amides is 1. The Labute approximate surface area is 120 Å². The molecule has 3 nitrogen and oxygen atoms in total. The maximum Gasteiger partial charge on any atom is 0.266 e. The number of anilines is 1. The first kappa shape index (κ1) is 12.7. The quantitative estimate of drug-likeness (QED) is 0.798. The van der Waals surface area contributed by atoms with E-state index in [0.29, 0.717) is 4.88 Å². The lowest BCUT2D eigenvalue weighted by Crippen LogP contribution is -2.12. The number of halogens is 2. The number of carbonyl (C=O) groups excluding carboxylic acids is 1. The predicted molar refractivity (Wildman–Crippen MR) is 76.6 cm³/mol. The third-order valence-corrected chi connectivity index (χ3v) is 4.40. The lowest BCUT2D eigenvalue weighted by molar-refractivity contribution is 0.103. The van der Waals surface area contributed by atoms with E-state index in [1.807, 2.05) is 24.4 Å². The van der Waals surface area contributed by atoms with E-state index < -0.39 is 0 Å². The average molecular weight is 376 g/mol. The second kappa shape index (κ2) is 5.29. The summed E-state index contributed by atoms with van der Waals surface area (Å²) in [6.07, 6.45) is 0. The highest BCUT2D eigenvalue weighted by molar-refractivity contribution is 9.10. The van der Waals surface area contributed by atoms with Crippen molar-refractivity contribution in [3.8, 4) is 0 Å². The minimum absolute atomic E-state index is 0.126. The Morgan fingerprint density at radius 3 is 2.71 bits per heavy atom. The molecule has 0 spiro atoms. The fourth-order valence-electron chi connectivity index (χ4n) is 1.30. The highest BCUT2D eigenvalue weighted by atomic mass is 79.9. The SMILES string of the molecule is Cc1nc(Br)ccc1NC(=O)c1sccc1Br. The van der Waals surface area contributed by atoms with Crippen molar-refractivity contribution in [2.24, 2.45) is 0 Å². The maximum absolute atomic E-state index is 12.0. The predicted octanol–water partition coefficient (Wildman–Crippen LogP) is 4.23. The van der Waals surface area contributed by atoms with Crippen LogP contribution < -0.4 is 5.32 Å². The van der Waals surface area contributed by atoms with E-state index in [1.165, 1.54) is 11.3 Å². The van der Waals surface area contributed by atoms with Crippen LogP contribution in [0.15, 0.2) is 32.7 Å². The number of nitrogens with zero attached hydrogens (tertiary/aromatic N) is 1. The standard InChI is InChI=1S/C11H8Br2N2OS/c1-6-8(2-3-9(13)14-6)15-11(16)10-7(12)4-5-17-10/h2-5H,1H3,(H,15,16). The number of thiophene rings is 1. The van der Waals surface area contributed by atoms with Crippen LogP contribution in [0.3, 0.4) is 0 Å². The number of aryl methyl sites for hydroxylation is 1. The highest BCUT2D eigenvalue weighted by Gasteiger charge is 2.12. The van der Waals surface area contributed by atoms with Crippen LogP contribution >= 0.6 is 43.2 Å². The van der Waals surface area contributed by atoms with E-state index >= 15 is 0 Å². The van der Waals surface area contributed by atoms with Gasteiger partial charge >= 0.3 is 0 Å². The third kappa shape index (κ3) is 2.94. The Kier molecular flexibility index (Phi) is 3.96. The fourth-order valence-corrected chi connectivity index (χ4v) is 3.14. The molecule has 0 bridgehead atoms. The second-order valence-electron chi connectivity index (χ2n) is 3.32. The van der Waals surface area contributed by atoms with Gasteiger partial charge in [0.25, 0.3) is 5.91 Å². The van der Waals surface area contributed by atoms with Crippen molar-refractivity contribution in [3.63, 3.8) is 0 Å². The van der Waals surface area contributed by atoms with E-state index in [4.69, 9.17) is 0 Å². The van der Waals surface area contributed by atoms with Gasteiger partial charge < -0.3 is 5.32 Å². The Morgan fingerprint density at radius 1 is 1.35 bits per heavy atom. The van der Waals surface area contributed by atoms with Gasteiger partial charge in [-0.2, -0.15) is 0 Å². The van der Waals surface area contributed by atoms with Crippen LogP contribution in [-0.4, -0.2) is 10.9 Å². The average Bonchev–Trinajstić information content (AvgIpc) is 2.68. The Morgan fingerprint density at radius 2 is 2.12 bits per heavy atom. The molecule has 0 aromatic carbocycles. The molecular weight excluding hydrogens is 368 g/mol. The minimum atomic E-state index is -0.126. The topological polar surface area (TPSA) is 42.0 Å². The second-order valence-corrected chi connectivity index (χ2v) is 5.90. The van der Waals surface area contributed by atoms with Gasteiger partial charge in [-0.15, -0.1) is 11.3 Å². The molecule has 6 heteroatoms. The van der Waals surface area contributed by atoms with E-state index in [1.54, 1.807) is 6.07 Å². The zero-order chi connectivity index (χ0) is 12.4. The number of carbonyl (C=O) groups is 1. The van der Waals surface area contributed by atoms with Crippen LogP contribution in [0.25, 0.3) is 0 Å². The fraction of sp³-hybridized carbons (Fsp3) is 0.0909. The van der Waals surface area contributed by atoms with E-state index in [9.17, 15) is 4.79 Å². The lowest BCUT2D eigenvalue weighted by atomic mass is 10.3. The first-order valence-electron chi connectivity index (χ1n) is 4.75. The molecule has 2 heterocycles. The van der Waals surface area contributed by atoms with E-state index in [0.717, 1.165) is 20.5 Å². The largest absolute Gasteiger partial charge is 0.320 e.